The summed E-state index contributed by atoms with van der Waals surface area (Å²) < 4.78 is 17.8. The molecule has 0 spiro atoms. The van der Waals surface area contributed by atoms with Gasteiger partial charge in [-0.2, -0.15) is 0 Å². The summed E-state index contributed by atoms with van der Waals surface area (Å²) in [7, 11) is 0. The van der Waals surface area contributed by atoms with Crippen molar-refractivity contribution < 1.29 is 33.7 Å². The largest absolute Gasteiger partial charge is 0.462 e. The third-order valence-corrected chi connectivity index (χ3v) is 14.1. The number of carbonyl (C=O) groups excluding carboxylic acids is 3. The molecule has 0 bridgehead atoms. The zero-order valence-corrected chi connectivity index (χ0v) is 44.0. The molecule has 1 heterocycles. The van der Waals surface area contributed by atoms with Gasteiger partial charge in [-0.05, 0) is 89.9 Å². The maximum atomic E-state index is 13.6. The number of aliphatic hydroxyl groups is 1. The second kappa shape index (κ2) is 27.2. The van der Waals surface area contributed by atoms with Crippen molar-refractivity contribution in [2.75, 3.05) is 0 Å². The normalized spacial score (nSPS) is 26.6. The SMILES string of the molecule is CCCCCCCCCCCCCCCC=CC(=O)OC1CC(C)(C)C2(CC(=O)C(C)=CC=CC(C)=CC=CC=C(C)C=CC=C(C)C=C=C3C(C)(C)CC(OC(C)=O)CC3(C)O)OC2(C)C1. The Morgan fingerprint density at radius 3 is 1.70 bits per heavy atom. The first-order valence-corrected chi connectivity index (χ1v) is 25.8. The minimum atomic E-state index is -1.12. The molecule has 1 aliphatic heterocycles. The van der Waals surface area contributed by atoms with Crippen molar-refractivity contribution in [2.45, 2.75) is 234 Å². The molecule has 0 amide bonds. The van der Waals surface area contributed by atoms with E-state index < -0.39 is 16.8 Å². The summed E-state index contributed by atoms with van der Waals surface area (Å²) in [6.07, 6.45) is 45.5. The van der Waals surface area contributed by atoms with Crippen molar-refractivity contribution in [3.8, 4) is 0 Å². The quantitative estimate of drug-likeness (QED) is 0.0219. The van der Waals surface area contributed by atoms with E-state index in [0.29, 0.717) is 37.7 Å². The standard InChI is InChI=1S/C60H90O7/c1-13-14-15-16-17-18-19-20-21-22-23-24-25-26-27-38-55(63)66-52-42-57(9,10)60(59(12,44-52)67-60)45-53(62)49(5)37-31-36-47(3)33-29-28-32-46(2)34-30-35-48(4)39-40-54-56(7,8)41-51(65-50(6)61)43-58(54,11)64/h27-39,51-52,64H,13-26,41-45H2,1-12H3. The fourth-order valence-corrected chi connectivity index (χ4v) is 10.5. The summed E-state index contributed by atoms with van der Waals surface area (Å²) >= 11 is 0. The number of esters is 2. The van der Waals surface area contributed by atoms with Crippen molar-refractivity contribution in [3.05, 3.63) is 113 Å². The second-order valence-electron chi connectivity index (χ2n) is 21.7. The maximum absolute atomic E-state index is 13.6. The van der Waals surface area contributed by atoms with Crippen molar-refractivity contribution in [1.82, 2.24) is 0 Å². The molecule has 0 aromatic rings. The van der Waals surface area contributed by atoms with E-state index in [1.165, 1.54) is 84.0 Å². The van der Waals surface area contributed by atoms with E-state index in [2.05, 4.69) is 47.3 Å². The highest BCUT2D eigenvalue weighted by molar-refractivity contribution is 5.96. The summed E-state index contributed by atoms with van der Waals surface area (Å²) in [5.41, 5.74) is 5.08. The number of unbranched alkanes of at least 4 members (excludes halogenated alkanes) is 13. The van der Waals surface area contributed by atoms with Gasteiger partial charge in [0.05, 0.1) is 11.2 Å². The van der Waals surface area contributed by atoms with E-state index in [-0.39, 0.29) is 40.8 Å². The maximum Gasteiger partial charge on any atom is 0.330 e. The van der Waals surface area contributed by atoms with E-state index in [4.69, 9.17) is 14.2 Å². The van der Waals surface area contributed by atoms with Gasteiger partial charge in [-0.1, -0.05) is 190 Å². The van der Waals surface area contributed by atoms with E-state index in [1.807, 2.05) is 101 Å². The number of fused-ring (bicyclic) bond motifs is 1. The summed E-state index contributed by atoms with van der Waals surface area (Å²) in [4.78, 5) is 37.9. The Morgan fingerprint density at radius 1 is 0.642 bits per heavy atom. The van der Waals surface area contributed by atoms with Crippen LogP contribution in [0.4, 0.5) is 0 Å². The fourth-order valence-electron chi connectivity index (χ4n) is 10.5. The number of ether oxygens (including phenoxy) is 3. The van der Waals surface area contributed by atoms with Crippen LogP contribution in [0.1, 0.15) is 205 Å². The Morgan fingerprint density at radius 2 is 1.16 bits per heavy atom. The highest BCUT2D eigenvalue weighted by atomic mass is 16.6. The molecule has 3 rings (SSSR count). The predicted molar refractivity (Wildman–Crippen MR) is 277 cm³/mol. The molecule has 0 aromatic carbocycles. The van der Waals surface area contributed by atoms with Crippen LogP contribution in [0.2, 0.25) is 0 Å². The van der Waals surface area contributed by atoms with E-state index in [0.717, 1.165) is 35.1 Å². The lowest BCUT2D eigenvalue weighted by Crippen LogP contribution is -2.49. The lowest BCUT2D eigenvalue weighted by atomic mass is 9.61. The first kappa shape index (κ1) is 57.3. The molecule has 2 aliphatic carbocycles. The topological polar surface area (TPSA) is 102 Å². The van der Waals surface area contributed by atoms with Gasteiger partial charge in [0.2, 0.25) is 0 Å². The number of Topliss-reactive ketones (excluding diaryl/α,β-unsaturated/α-hetero) is 1. The van der Waals surface area contributed by atoms with Crippen LogP contribution in [-0.2, 0) is 28.6 Å². The predicted octanol–water partition coefficient (Wildman–Crippen LogP) is 15.3. The monoisotopic (exact) mass is 923 g/mol. The zero-order valence-electron chi connectivity index (χ0n) is 44.0. The van der Waals surface area contributed by atoms with Crippen LogP contribution in [0, 0.1) is 10.8 Å². The van der Waals surface area contributed by atoms with Gasteiger partial charge in [-0.25, -0.2) is 4.79 Å². The molecule has 5 atom stereocenters. The van der Waals surface area contributed by atoms with Gasteiger partial charge in [0.1, 0.15) is 17.8 Å². The number of carbonyl (C=O) groups is 3. The smallest absolute Gasteiger partial charge is 0.330 e. The van der Waals surface area contributed by atoms with E-state index in [9.17, 15) is 19.5 Å². The number of epoxide rings is 1. The number of hydrogen-bond donors (Lipinski definition) is 1. The molecule has 5 unspecified atom stereocenters. The van der Waals surface area contributed by atoms with Crippen LogP contribution in [-0.4, -0.2) is 51.8 Å². The van der Waals surface area contributed by atoms with Crippen molar-refractivity contribution >= 4 is 17.7 Å². The van der Waals surface area contributed by atoms with Crippen LogP contribution in [0.3, 0.4) is 0 Å². The third kappa shape index (κ3) is 19.1. The molecule has 3 fully saturated rings. The molecule has 3 aliphatic rings. The van der Waals surface area contributed by atoms with Gasteiger partial charge >= 0.3 is 11.9 Å². The summed E-state index contributed by atoms with van der Waals surface area (Å²) in [5, 5.41) is 11.2. The van der Waals surface area contributed by atoms with Crippen LogP contribution >= 0.6 is 0 Å². The first-order chi connectivity index (χ1) is 31.6. The number of rotatable bonds is 27. The summed E-state index contributed by atoms with van der Waals surface area (Å²) in [5.74, 6) is -0.546. The van der Waals surface area contributed by atoms with Gasteiger partial charge in [-0.3, -0.25) is 9.59 Å². The average Bonchev–Trinajstić information content (AvgIpc) is 3.84. The Balaban J connectivity index is 1.40. The molecular formula is C60H90O7. The van der Waals surface area contributed by atoms with Crippen molar-refractivity contribution in [3.63, 3.8) is 0 Å². The van der Waals surface area contributed by atoms with Crippen molar-refractivity contribution in [1.29, 1.82) is 0 Å². The summed E-state index contributed by atoms with van der Waals surface area (Å²) in [6.45, 7) is 23.8. The molecule has 372 valence electrons. The van der Waals surface area contributed by atoms with Crippen LogP contribution in [0.25, 0.3) is 0 Å². The Labute approximate surface area is 407 Å². The van der Waals surface area contributed by atoms with Crippen LogP contribution < -0.4 is 0 Å². The molecule has 0 aromatic heterocycles. The zero-order chi connectivity index (χ0) is 49.7. The highest BCUT2D eigenvalue weighted by Gasteiger charge is 2.76. The van der Waals surface area contributed by atoms with E-state index >= 15 is 0 Å². The van der Waals surface area contributed by atoms with E-state index in [1.54, 1.807) is 13.0 Å². The van der Waals surface area contributed by atoms with Gasteiger partial charge in [0, 0.05) is 43.3 Å². The van der Waals surface area contributed by atoms with Gasteiger partial charge in [0.25, 0.3) is 0 Å². The lowest BCUT2D eigenvalue weighted by molar-refractivity contribution is -0.152. The number of allylic oxidation sites excluding steroid dienone is 15. The fraction of sp³-hybridized carbons (Fsp3) is 0.633. The minimum Gasteiger partial charge on any atom is -0.462 e. The minimum absolute atomic E-state index is 0.0679. The molecule has 7 heteroatoms. The molecular weight excluding hydrogens is 833 g/mol. The molecule has 0 radical (unpaired) electrons. The van der Waals surface area contributed by atoms with Gasteiger partial charge in [0.15, 0.2) is 5.78 Å². The third-order valence-electron chi connectivity index (χ3n) is 14.1. The lowest BCUT2D eigenvalue weighted by Gasteiger charge is -2.44. The van der Waals surface area contributed by atoms with Gasteiger partial charge in [-0.15, -0.1) is 5.73 Å². The Bertz CT molecular complexity index is 1950. The second-order valence-corrected chi connectivity index (χ2v) is 21.7. The molecule has 1 saturated heterocycles. The first-order valence-electron chi connectivity index (χ1n) is 25.8. The molecule has 2 saturated carbocycles. The Kier molecular flexibility index (Phi) is 23.3. The highest BCUT2D eigenvalue weighted by Crippen LogP contribution is 2.67. The van der Waals surface area contributed by atoms with Crippen LogP contribution in [0.5, 0.6) is 0 Å². The molecule has 1 N–H and O–H groups in total. The number of ketones is 1. The number of hydrogen-bond acceptors (Lipinski definition) is 7. The molecule has 67 heavy (non-hydrogen) atoms. The Hall–Kier alpha value is -4.03. The van der Waals surface area contributed by atoms with Gasteiger partial charge < -0.3 is 19.3 Å². The molecule has 7 nitrogen and oxygen atoms in total. The average molecular weight is 923 g/mol. The van der Waals surface area contributed by atoms with Crippen LogP contribution in [0.15, 0.2) is 113 Å². The summed E-state index contributed by atoms with van der Waals surface area (Å²) in [6, 6.07) is 0. The van der Waals surface area contributed by atoms with Crippen molar-refractivity contribution in [2.24, 2.45) is 10.8 Å².